The van der Waals surface area contributed by atoms with Crippen LogP contribution in [0.15, 0.2) is 12.3 Å². The lowest BCUT2D eigenvalue weighted by atomic mass is 10.1. The highest BCUT2D eigenvalue weighted by molar-refractivity contribution is 4.78. The van der Waals surface area contributed by atoms with Crippen molar-refractivity contribution in [2.45, 2.75) is 97.8 Å². The van der Waals surface area contributed by atoms with Crippen LogP contribution in [0.2, 0.25) is 0 Å². The molecule has 0 fully saturated rings. The minimum Gasteiger partial charge on any atom is -0.378 e. The summed E-state index contributed by atoms with van der Waals surface area (Å²) in [5, 5.41) is 0. The number of hydrogen-bond acceptors (Lipinski definition) is 1. The fraction of sp³-hybridized carbons (Fsp3) is 0.895. The Labute approximate surface area is 128 Å². The molecule has 0 radical (unpaired) electrons. The van der Waals surface area contributed by atoms with E-state index in [2.05, 4.69) is 37.9 Å². The quantitative estimate of drug-likeness (QED) is 0.308. The summed E-state index contributed by atoms with van der Waals surface area (Å²) in [6.07, 6.45) is 21.3. The second-order valence-electron chi connectivity index (χ2n) is 6.05. The molecule has 0 bridgehead atoms. The summed E-state index contributed by atoms with van der Waals surface area (Å²) in [4.78, 5) is 2.53. The second-order valence-corrected chi connectivity index (χ2v) is 6.05. The summed E-state index contributed by atoms with van der Waals surface area (Å²) >= 11 is 0. The molecule has 0 saturated heterocycles. The Morgan fingerprint density at radius 1 is 0.600 bits per heavy atom. The molecule has 0 saturated carbocycles. The summed E-state index contributed by atoms with van der Waals surface area (Å²) in [6.45, 7) is 9.22. The van der Waals surface area contributed by atoms with Gasteiger partial charge in [0.2, 0.25) is 0 Å². The molecule has 0 aromatic heterocycles. The molecule has 0 atom stereocenters. The smallest absolute Gasteiger partial charge is 0.0172 e. The maximum atomic E-state index is 2.53. The van der Waals surface area contributed by atoms with E-state index in [4.69, 9.17) is 0 Å². The highest BCUT2D eigenvalue weighted by Gasteiger charge is 1.99. The van der Waals surface area contributed by atoms with Crippen molar-refractivity contribution in [1.82, 2.24) is 4.90 Å². The van der Waals surface area contributed by atoms with Gasteiger partial charge in [0.15, 0.2) is 0 Å². The monoisotopic (exact) mass is 281 g/mol. The van der Waals surface area contributed by atoms with Gasteiger partial charge in [0.1, 0.15) is 0 Å². The molecule has 1 nitrogen and oxygen atoms in total. The predicted molar refractivity (Wildman–Crippen MR) is 93.1 cm³/mol. The van der Waals surface area contributed by atoms with Gasteiger partial charge in [-0.3, -0.25) is 0 Å². The van der Waals surface area contributed by atoms with E-state index in [0.717, 1.165) is 0 Å². The van der Waals surface area contributed by atoms with Crippen molar-refractivity contribution in [3.05, 3.63) is 12.3 Å². The molecule has 0 spiro atoms. The highest BCUT2D eigenvalue weighted by Crippen LogP contribution is 2.09. The topological polar surface area (TPSA) is 3.24 Å². The fourth-order valence-corrected chi connectivity index (χ4v) is 2.66. The van der Waals surface area contributed by atoms with E-state index < -0.39 is 0 Å². The minimum atomic E-state index is 1.26. The first kappa shape index (κ1) is 19.5. The third-order valence-corrected chi connectivity index (χ3v) is 3.96. The van der Waals surface area contributed by atoms with Crippen molar-refractivity contribution in [2.24, 2.45) is 0 Å². The van der Waals surface area contributed by atoms with Gasteiger partial charge in [-0.2, -0.15) is 0 Å². The molecule has 1 heteroatoms. The molecule has 0 heterocycles. The van der Waals surface area contributed by atoms with Gasteiger partial charge in [-0.25, -0.2) is 0 Å². The molecule has 0 N–H and O–H groups in total. The SMILES string of the molecule is CC=CN(CCCCCCCC)CCCCCCCC. The Hall–Kier alpha value is -0.460. The van der Waals surface area contributed by atoms with Gasteiger partial charge >= 0.3 is 0 Å². The van der Waals surface area contributed by atoms with Crippen molar-refractivity contribution in [2.75, 3.05) is 13.1 Å². The van der Waals surface area contributed by atoms with Crippen LogP contribution in [0.3, 0.4) is 0 Å². The van der Waals surface area contributed by atoms with E-state index in [1.54, 1.807) is 0 Å². The molecule has 120 valence electrons. The Morgan fingerprint density at radius 3 is 1.40 bits per heavy atom. The van der Waals surface area contributed by atoms with E-state index >= 15 is 0 Å². The van der Waals surface area contributed by atoms with Crippen LogP contribution < -0.4 is 0 Å². The lowest BCUT2D eigenvalue weighted by Crippen LogP contribution is -2.19. The second kappa shape index (κ2) is 16.6. The van der Waals surface area contributed by atoms with Crippen molar-refractivity contribution in [3.63, 3.8) is 0 Å². The molecule has 0 unspecified atom stereocenters. The van der Waals surface area contributed by atoms with E-state index in [-0.39, 0.29) is 0 Å². The summed E-state index contributed by atoms with van der Waals surface area (Å²) in [5.41, 5.74) is 0. The van der Waals surface area contributed by atoms with Crippen LogP contribution >= 0.6 is 0 Å². The van der Waals surface area contributed by atoms with Crippen molar-refractivity contribution >= 4 is 0 Å². The van der Waals surface area contributed by atoms with Gasteiger partial charge in [0.25, 0.3) is 0 Å². The molecule has 0 amide bonds. The zero-order valence-electron chi connectivity index (χ0n) is 14.5. The summed E-state index contributed by atoms with van der Waals surface area (Å²) < 4.78 is 0. The average molecular weight is 282 g/mol. The summed E-state index contributed by atoms with van der Waals surface area (Å²) in [7, 11) is 0. The van der Waals surface area contributed by atoms with Crippen LogP contribution in [0.5, 0.6) is 0 Å². The number of allylic oxidation sites excluding steroid dienone is 1. The van der Waals surface area contributed by atoms with Gasteiger partial charge < -0.3 is 4.90 Å². The van der Waals surface area contributed by atoms with Crippen LogP contribution in [0.25, 0.3) is 0 Å². The van der Waals surface area contributed by atoms with E-state index in [0.29, 0.717) is 0 Å². The molecule has 0 aromatic rings. The first-order chi connectivity index (χ1) is 9.85. The normalized spacial score (nSPS) is 11.3. The lowest BCUT2D eigenvalue weighted by Gasteiger charge is -2.20. The van der Waals surface area contributed by atoms with Crippen LogP contribution in [0.1, 0.15) is 97.8 Å². The van der Waals surface area contributed by atoms with Crippen LogP contribution in [-0.2, 0) is 0 Å². The fourth-order valence-electron chi connectivity index (χ4n) is 2.66. The number of nitrogens with zero attached hydrogens (tertiary/aromatic N) is 1. The largest absolute Gasteiger partial charge is 0.378 e. The standard InChI is InChI=1S/C19H39N/c1-4-7-9-11-13-15-18-20(17-6-3)19-16-14-12-10-8-5-2/h6,17H,4-5,7-16,18-19H2,1-3H3. The molecule has 0 aliphatic heterocycles. The Kier molecular flexibility index (Phi) is 16.2. The number of rotatable bonds is 15. The molecule has 0 aromatic carbocycles. The average Bonchev–Trinajstić information content (AvgIpc) is 2.46. The van der Waals surface area contributed by atoms with Crippen LogP contribution in [0, 0.1) is 0 Å². The number of unbranched alkanes of at least 4 members (excludes halogenated alkanes) is 10. The van der Waals surface area contributed by atoms with Crippen LogP contribution in [0.4, 0.5) is 0 Å². The van der Waals surface area contributed by atoms with Crippen LogP contribution in [-0.4, -0.2) is 18.0 Å². The zero-order chi connectivity index (χ0) is 14.9. The third kappa shape index (κ3) is 14.0. The Balaban J connectivity index is 3.50. The van der Waals surface area contributed by atoms with Gasteiger partial charge in [-0.05, 0) is 26.0 Å². The molecule has 0 aliphatic carbocycles. The maximum Gasteiger partial charge on any atom is 0.0172 e. The van der Waals surface area contributed by atoms with Gasteiger partial charge in [-0.1, -0.05) is 84.1 Å². The summed E-state index contributed by atoms with van der Waals surface area (Å²) in [5.74, 6) is 0. The Bertz CT molecular complexity index is 182. The molecular formula is C19H39N. The molecule has 20 heavy (non-hydrogen) atoms. The molecular weight excluding hydrogens is 242 g/mol. The molecule has 0 rings (SSSR count). The first-order valence-corrected chi connectivity index (χ1v) is 9.22. The number of hydrogen-bond donors (Lipinski definition) is 0. The third-order valence-electron chi connectivity index (χ3n) is 3.96. The first-order valence-electron chi connectivity index (χ1n) is 9.22. The van der Waals surface area contributed by atoms with E-state index in [1.807, 2.05) is 0 Å². The van der Waals surface area contributed by atoms with E-state index in [9.17, 15) is 0 Å². The van der Waals surface area contributed by atoms with Gasteiger partial charge in [-0.15, -0.1) is 0 Å². The Morgan fingerprint density at radius 2 is 1.00 bits per heavy atom. The van der Waals surface area contributed by atoms with Gasteiger partial charge in [0, 0.05) is 13.1 Å². The zero-order valence-corrected chi connectivity index (χ0v) is 14.5. The summed E-state index contributed by atoms with van der Waals surface area (Å²) in [6, 6.07) is 0. The van der Waals surface area contributed by atoms with Crippen molar-refractivity contribution in [1.29, 1.82) is 0 Å². The van der Waals surface area contributed by atoms with E-state index in [1.165, 1.54) is 90.1 Å². The van der Waals surface area contributed by atoms with Gasteiger partial charge in [0.05, 0.1) is 0 Å². The minimum absolute atomic E-state index is 1.26. The maximum absolute atomic E-state index is 2.53. The highest BCUT2D eigenvalue weighted by atomic mass is 15.1. The van der Waals surface area contributed by atoms with Crippen molar-refractivity contribution in [3.8, 4) is 0 Å². The van der Waals surface area contributed by atoms with Crippen molar-refractivity contribution < 1.29 is 0 Å². The lowest BCUT2D eigenvalue weighted by molar-refractivity contribution is 0.349. The molecule has 0 aliphatic rings. The predicted octanol–water partition coefficient (Wildman–Crippen LogP) is 6.54.